The van der Waals surface area contributed by atoms with Gasteiger partial charge in [-0.05, 0) is 11.1 Å². The van der Waals surface area contributed by atoms with Crippen LogP contribution in [0.5, 0.6) is 0 Å². The maximum Gasteiger partial charge on any atom is 0.234 e. The van der Waals surface area contributed by atoms with Crippen LogP contribution in [-0.4, -0.2) is 26.7 Å². The third-order valence-electron chi connectivity index (χ3n) is 3.65. The van der Waals surface area contributed by atoms with Crippen LogP contribution in [0.15, 0.2) is 36.4 Å². The van der Waals surface area contributed by atoms with E-state index in [1.165, 1.54) is 0 Å². The molecular weight excluding hydrogens is 234 g/mol. The first-order chi connectivity index (χ1) is 9.11. The number of rotatable bonds is 1. The second kappa shape index (κ2) is 4.23. The molecule has 0 radical (unpaired) electrons. The summed E-state index contributed by atoms with van der Waals surface area (Å²) < 4.78 is 0. The maximum absolute atomic E-state index is 12.2. The van der Waals surface area contributed by atoms with Crippen molar-refractivity contribution in [2.24, 2.45) is 0 Å². The topological polar surface area (TPSA) is 34.1 Å². The zero-order chi connectivity index (χ0) is 13.6. The summed E-state index contributed by atoms with van der Waals surface area (Å²) in [5, 5.41) is 0. The lowest BCUT2D eigenvalue weighted by molar-refractivity contribution is 0.0815. The van der Waals surface area contributed by atoms with Crippen molar-refractivity contribution in [3.63, 3.8) is 0 Å². The molecule has 3 rings (SSSR count). The molecule has 19 heavy (non-hydrogen) atoms. The van der Waals surface area contributed by atoms with Gasteiger partial charge in [-0.15, -0.1) is 0 Å². The Morgan fingerprint density at radius 1 is 0.842 bits per heavy atom. The molecular formula is C15H12B2O2. The van der Waals surface area contributed by atoms with Crippen molar-refractivity contribution in [3.05, 3.63) is 47.5 Å². The van der Waals surface area contributed by atoms with Gasteiger partial charge in [-0.2, -0.15) is 0 Å². The van der Waals surface area contributed by atoms with Crippen molar-refractivity contribution < 1.29 is 9.59 Å². The number of carbonyl (C=O) groups excluding carboxylic acids is 2. The Morgan fingerprint density at radius 2 is 1.42 bits per heavy atom. The van der Waals surface area contributed by atoms with Crippen molar-refractivity contribution in [3.8, 4) is 11.1 Å². The molecule has 0 N–H and O–H groups in total. The van der Waals surface area contributed by atoms with Gasteiger partial charge in [0.2, 0.25) is 11.6 Å². The molecule has 0 saturated heterocycles. The monoisotopic (exact) mass is 246 g/mol. The minimum absolute atomic E-state index is 0.386. The predicted octanol–water partition coefficient (Wildman–Crippen LogP) is 0.101. The van der Waals surface area contributed by atoms with E-state index in [0.717, 1.165) is 29.3 Å². The smallest absolute Gasteiger partial charge is 0.234 e. The van der Waals surface area contributed by atoms with Gasteiger partial charge in [0.25, 0.3) is 0 Å². The molecule has 0 atom stereocenters. The molecule has 0 spiro atoms. The number of hydrogen-bond acceptors (Lipinski definition) is 2. The molecule has 4 heteroatoms. The fourth-order valence-electron chi connectivity index (χ4n) is 2.56. The average Bonchev–Trinajstić information content (AvgIpc) is 2.44. The highest BCUT2D eigenvalue weighted by Gasteiger charge is 2.30. The van der Waals surface area contributed by atoms with Crippen molar-refractivity contribution >= 4 is 37.6 Å². The quantitative estimate of drug-likeness (QED) is 0.528. The van der Waals surface area contributed by atoms with Gasteiger partial charge in [-0.3, -0.25) is 9.59 Å². The highest BCUT2D eigenvalue weighted by Crippen LogP contribution is 2.32. The SMILES string of the molecule is Bc1ccc2c(c1)C(=O)C(=O)c1cc(BC)ccc1-2. The highest BCUT2D eigenvalue weighted by molar-refractivity contribution is 6.55. The lowest BCUT2D eigenvalue weighted by atomic mass is 9.70. The number of hydrogen-bond donors (Lipinski definition) is 0. The van der Waals surface area contributed by atoms with Crippen LogP contribution < -0.4 is 10.9 Å². The number of fused-ring (bicyclic) bond motifs is 3. The molecule has 0 unspecified atom stereocenters. The van der Waals surface area contributed by atoms with E-state index in [4.69, 9.17) is 0 Å². The van der Waals surface area contributed by atoms with Gasteiger partial charge < -0.3 is 0 Å². The Kier molecular flexibility index (Phi) is 2.67. The van der Waals surface area contributed by atoms with Crippen molar-refractivity contribution in [1.29, 1.82) is 0 Å². The van der Waals surface area contributed by atoms with Crippen molar-refractivity contribution in [2.75, 3.05) is 0 Å². The van der Waals surface area contributed by atoms with Crippen LogP contribution >= 0.6 is 0 Å². The average molecular weight is 246 g/mol. The second-order valence-electron chi connectivity index (χ2n) is 4.94. The van der Waals surface area contributed by atoms with E-state index in [0.29, 0.717) is 11.1 Å². The number of ketones is 2. The Bertz CT molecular complexity index is 720. The molecule has 0 amide bonds. The number of benzene rings is 2. The Hall–Kier alpha value is -2.09. The van der Waals surface area contributed by atoms with E-state index in [-0.39, 0.29) is 11.6 Å². The normalized spacial score (nSPS) is 12.9. The van der Waals surface area contributed by atoms with Crippen LogP contribution in [0.3, 0.4) is 0 Å². The zero-order valence-corrected chi connectivity index (χ0v) is 11.0. The molecule has 1 aliphatic rings. The van der Waals surface area contributed by atoms with E-state index in [9.17, 15) is 9.59 Å². The summed E-state index contributed by atoms with van der Waals surface area (Å²) >= 11 is 0. The second-order valence-corrected chi connectivity index (χ2v) is 4.94. The molecule has 0 saturated carbocycles. The Balaban J connectivity index is 2.32. The predicted molar refractivity (Wildman–Crippen MR) is 81.4 cm³/mol. The minimum atomic E-state index is -0.389. The van der Waals surface area contributed by atoms with Gasteiger partial charge in [0.1, 0.15) is 7.85 Å². The molecule has 1 aliphatic carbocycles. The molecule has 90 valence electrons. The van der Waals surface area contributed by atoms with Crippen LogP contribution in [-0.2, 0) is 0 Å². The largest absolute Gasteiger partial charge is 0.285 e. The number of Topliss-reactive ketones (excluding diaryl/α,β-unsaturated/α-hetero) is 2. The Morgan fingerprint density at radius 3 is 2.05 bits per heavy atom. The van der Waals surface area contributed by atoms with Crippen LogP contribution in [0.25, 0.3) is 11.1 Å². The van der Waals surface area contributed by atoms with Gasteiger partial charge in [-0.1, -0.05) is 54.1 Å². The van der Waals surface area contributed by atoms with Crippen LogP contribution in [0.4, 0.5) is 0 Å². The number of carbonyl (C=O) groups is 2. The lowest BCUT2D eigenvalue weighted by Gasteiger charge is -2.19. The van der Waals surface area contributed by atoms with E-state index < -0.39 is 0 Å². The molecule has 0 fully saturated rings. The molecule has 2 aromatic rings. The van der Waals surface area contributed by atoms with Gasteiger partial charge in [0.05, 0.1) is 0 Å². The minimum Gasteiger partial charge on any atom is -0.285 e. The van der Waals surface area contributed by atoms with Crippen LogP contribution in [0.1, 0.15) is 20.7 Å². The first kappa shape index (κ1) is 12.0. The van der Waals surface area contributed by atoms with E-state index in [1.807, 2.05) is 45.0 Å². The van der Waals surface area contributed by atoms with Gasteiger partial charge in [0.15, 0.2) is 7.28 Å². The first-order valence-corrected chi connectivity index (χ1v) is 6.44. The van der Waals surface area contributed by atoms with Crippen molar-refractivity contribution in [1.82, 2.24) is 0 Å². The third kappa shape index (κ3) is 1.75. The standard InChI is InChI=1S/C15H12B2O2/c1-17-9-3-5-11-10-4-2-8(16)6-12(10)14(18)15(19)13(11)7-9/h2-7,17H,16H2,1H3. The molecule has 2 nitrogen and oxygen atoms in total. The fraction of sp³-hybridized carbons (Fsp3) is 0.0667. The van der Waals surface area contributed by atoms with Gasteiger partial charge >= 0.3 is 0 Å². The first-order valence-electron chi connectivity index (χ1n) is 6.44. The highest BCUT2D eigenvalue weighted by atomic mass is 16.2. The summed E-state index contributed by atoms with van der Waals surface area (Å²) in [6, 6.07) is 11.5. The summed E-state index contributed by atoms with van der Waals surface area (Å²) in [5.41, 5.74) is 4.89. The molecule has 0 heterocycles. The van der Waals surface area contributed by atoms with Gasteiger partial charge in [-0.25, -0.2) is 0 Å². The summed E-state index contributed by atoms with van der Waals surface area (Å²) in [5.74, 6) is -0.775. The van der Waals surface area contributed by atoms with E-state index in [2.05, 4.69) is 0 Å². The maximum atomic E-state index is 12.2. The molecule has 0 bridgehead atoms. The van der Waals surface area contributed by atoms with E-state index >= 15 is 0 Å². The Labute approximate surface area is 113 Å². The summed E-state index contributed by atoms with van der Waals surface area (Å²) in [7, 11) is 2.78. The van der Waals surface area contributed by atoms with Gasteiger partial charge in [0, 0.05) is 11.1 Å². The third-order valence-corrected chi connectivity index (χ3v) is 3.65. The molecule has 2 aromatic carbocycles. The molecule has 0 aromatic heterocycles. The van der Waals surface area contributed by atoms with E-state index in [1.54, 1.807) is 6.07 Å². The zero-order valence-electron chi connectivity index (χ0n) is 11.0. The van der Waals surface area contributed by atoms with Crippen LogP contribution in [0, 0.1) is 0 Å². The lowest BCUT2D eigenvalue weighted by Crippen LogP contribution is -2.25. The summed E-state index contributed by atoms with van der Waals surface area (Å²) in [6.07, 6.45) is 0. The van der Waals surface area contributed by atoms with Crippen LogP contribution in [0.2, 0.25) is 6.82 Å². The fourth-order valence-corrected chi connectivity index (χ4v) is 2.56. The van der Waals surface area contributed by atoms with Crippen molar-refractivity contribution in [2.45, 2.75) is 6.82 Å². The molecule has 0 aliphatic heterocycles. The summed E-state index contributed by atoms with van der Waals surface area (Å²) in [6.45, 7) is 2.04. The summed E-state index contributed by atoms with van der Waals surface area (Å²) in [4.78, 5) is 24.4.